The summed E-state index contributed by atoms with van der Waals surface area (Å²) in [5.41, 5.74) is 2.82. The number of aryl methyl sites for hydroxylation is 2. The van der Waals surface area contributed by atoms with Crippen molar-refractivity contribution in [3.63, 3.8) is 0 Å². The van der Waals surface area contributed by atoms with Crippen LogP contribution >= 0.6 is 12.4 Å². The van der Waals surface area contributed by atoms with Crippen LogP contribution in [-0.4, -0.2) is 43.3 Å². The number of hydrogen-bond donors (Lipinski definition) is 1. The van der Waals surface area contributed by atoms with Gasteiger partial charge in [0.2, 0.25) is 5.91 Å². The molecular weight excluding hydrogens is 324 g/mol. The highest BCUT2D eigenvalue weighted by atomic mass is 35.5. The highest BCUT2D eigenvalue weighted by Crippen LogP contribution is 2.18. The minimum Gasteiger partial charge on any atom is -0.342 e. The zero-order valence-corrected chi connectivity index (χ0v) is 15.7. The molecule has 1 aliphatic heterocycles. The molecular formula is C19H29ClN2O2. The van der Waals surface area contributed by atoms with Gasteiger partial charge in [-0.2, -0.15) is 0 Å². The number of halogens is 1. The van der Waals surface area contributed by atoms with Gasteiger partial charge in [-0.25, -0.2) is 0 Å². The lowest BCUT2D eigenvalue weighted by molar-refractivity contribution is -0.132. The van der Waals surface area contributed by atoms with Crippen LogP contribution in [0.25, 0.3) is 0 Å². The van der Waals surface area contributed by atoms with Gasteiger partial charge in [0.05, 0.1) is 0 Å². The van der Waals surface area contributed by atoms with Gasteiger partial charge in [0.25, 0.3) is 0 Å². The molecule has 0 saturated carbocycles. The fourth-order valence-electron chi connectivity index (χ4n) is 3.30. The highest BCUT2D eigenvalue weighted by molar-refractivity contribution is 5.99. The quantitative estimate of drug-likeness (QED) is 0.800. The molecule has 1 N–H and O–H groups in total. The Morgan fingerprint density at radius 3 is 2.71 bits per heavy atom. The number of rotatable bonds is 6. The number of ketones is 1. The van der Waals surface area contributed by atoms with Gasteiger partial charge in [-0.05, 0) is 57.8 Å². The van der Waals surface area contributed by atoms with Crippen molar-refractivity contribution in [3.8, 4) is 0 Å². The third-order valence-corrected chi connectivity index (χ3v) is 4.62. The molecule has 5 heteroatoms. The average molecular weight is 353 g/mol. The Morgan fingerprint density at radius 2 is 2.00 bits per heavy atom. The lowest BCUT2D eigenvalue weighted by Crippen LogP contribution is -2.42. The lowest BCUT2D eigenvalue weighted by Gasteiger charge is -2.32. The van der Waals surface area contributed by atoms with E-state index in [1.807, 2.05) is 44.0 Å². The normalized spacial score (nSPS) is 17.3. The van der Waals surface area contributed by atoms with Gasteiger partial charge in [-0.15, -0.1) is 12.4 Å². The van der Waals surface area contributed by atoms with Crippen LogP contribution in [0.2, 0.25) is 0 Å². The first-order valence-corrected chi connectivity index (χ1v) is 8.54. The van der Waals surface area contributed by atoms with E-state index in [9.17, 15) is 9.59 Å². The smallest absolute Gasteiger partial charge is 0.223 e. The number of likely N-dealkylation sites (tertiary alicyclic amines) is 1. The summed E-state index contributed by atoms with van der Waals surface area (Å²) in [6, 6.07) is 5.90. The van der Waals surface area contributed by atoms with Gasteiger partial charge in [0.15, 0.2) is 5.78 Å². The van der Waals surface area contributed by atoms with Gasteiger partial charge in [-0.3, -0.25) is 9.59 Å². The monoisotopic (exact) mass is 352 g/mol. The van der Waals surface area contributed by atoms with E-state index in [0.29, 0.717) is 18.8 Å². The van der Waals surface area contributed by atoms with Gasteiger partial charge < -0.3 is 10.2 Å². The molecule has 1 amide bonds. The van der Waals surface area contributed by atoms with E-state index in [1.165, 1.54) is 6.42 Å². The van der Waals surface area contributed by atoms with Crippen LogP contribution in [0.4, 0.5) is 0 Å². The van der Waals surface area contributed by atoms with E-state index >= 15 is 0 Å². The number of benzene rings is 1. The second-order valence-electron chi connectivity index (χ2n) is 6.65. The van der Waals surface area contributed by atoms with Crippen molar-refractivity contribution >= 4 is 24.1 Å². The number of carbonyl (C=O) groups excluding carboxylic acids is 2. The SMILES string of the molecule is CNCC1CCCN(C(=O)CCC(=O)c2cc(C)ccc2C)C1.Cl. The summed E-state index contributed by atoms with van der Waals surface area (Å²) in [4.78, 5) is 26.7. The summed E-state index contributed by atoms with van der Waals surface area (Å²) in [5, 5.41) is 3.19. The van der Waals surface area contributed by atoms with Crippen molar-refractivity contribution in [2.75, 3.05) is 26.7 Å². The maximum Gasteiger partial charge on any atom is 0.223 e. The van der Waals surface area contributed by atoms with E-state index in [2.05, 4.69) is 5.32 Å². The van der Waals surface area contributed by atoms with Crippen molar-refractivity contribution in [1.82, 2.24) is 10.2 Å². The fourth-order valence-corrected chi connectivity index (χ4v) is 3.30. The minimum absolute atomic E-state index is 0. The Balaban J connectivity index is 0.00000288. The van der Waals surface area contributed by atoms with Crippen LogP contribution in [0.3, 0.4) is 0 Å². The van der Waals surface area contributed by atoms with Crippen LogP contribution in [-0.2, 0) is 4.79 Å². The van der Waals surface area contributed by atoms with Crippen molar-refractivity contribution < 1.29 is 9.59 Å². The second kappa shape index (κ2) is 9.80. The van der Waals surface area contributed by atoms with Gasteiger partial charge in [0.1, 0.15) is 0 Å². The standard InChI is InChI=1S/C19H28N2O2.ClH/c1-14-6-7-15(2)17(11-14)18(22)8-9-19(23)21-10-4-5-16(13-21)12-20-3;/h6-7,11,16,20H,4-5,8-10,12-13H2,1-3H3;1H. The van der Waals surface area contributed by atoms with Crippen LogP contribution in [0.1, 0.15) is 47.2 Å². The molecule has 0 bridgehead atoms. The molecule has 1 aromatic carbocycles. The average Bonchev–Trinajstić information content (AvgIpc) is 2.55. The summed E-state index contributed by atoms with van der Waals surface area (Å²) < 4.78 is 0. The third-order valence-electron chi connectivity index (χ3n) is 4.62. The zero-order valence-electron chi connectivity index (χ0n) is 14.9. The second-order valence-corrected chi connectivity index (χ2v) is 6.65. The number of hydrogen-bond acceptors (Lipinski definition) is 3. The Bertz CT molecular complexity index is 572. The molecule has 1 fully saturated rings. The molecule has 0 radical (unpaired) electrons. The maximum atomic E-state index is 12.4. The first-order chi connectivity index (χ1) is 11.0. The molecule has 0 aliphatic carbocycles. The van der Waals surface area contributed by atoms with Crippen molar-refractivity contribution in [2.24, 2.45) is 5.92 Å². The molecule has 134 valence electrons. The maximum absolute atomic E-state index is 12.4. The summed E-state index contributed by atoms with van der Waals surface area (Å²) >= 11 is 0. The first-order valence-electron chi connectivity index (χ1n) is 8.54. The number of nitrogens with zero attached hydrogens (tertiary/aromatic N) is 1. The fraction of sp³-hybridized carbons (Fsp3) is 0.579. The Kier molecular flexibility index (Phi) is 8.43. The highest BCUT2D eigenvalue weighted by Gasteiger charge is 2.23. The molecule has 1 heterocycles. The van der Waals surface area contributed by atoms with Crippen molar-refractivity contribution in [2.45, 2.75) is 39.5 Å². The largest absolute Gasteiger partial charge is 0.342 e. The Labute approximate surface area is 151 Å². The van der Waals surface area contributed by atoms with Crippen LogP contribution in [0.5, 0.6) is 0 Å². The molecule has 1 saturated heterocycles. The van der Waals surface area contributed by atoms with Gasteiger partial charge in [0, 0.05) is 31.5 Å². The molecule has 1 atom stereocenters. The molecule has 0 aromatic heterocycles. The topological polar surface area (TPSA) is 49.4 Å². The van der Waals surface area contributed by atoms with Crippen molar-refractivity contribution in [3.05, 3.63) is 34.9 Å². The molecule has 1 aromatic rings. The van der Waals surface area contributed by atoms with Crippen molar-refractivity contribution in [1.29, 1.82) is 0 Å². The third kappa shape index (κ3) is 5.60. The summed E-state index contributed by atoms with van der Waals surface area (Å²) in [6.07, 6.45) is 2.85. The van der Waals surface area contributed by atoms with E-state index in [4.69, 9.17) is 0 Å². The number of carbonyl (C=O) groups is 2. The summed E-state index contributed by atoms with van der Waals surface area (Å²) in [7, 11) is 1.95. The first kappa shape index (κ1) is 20.7. The molecule has 1 aliphatic rings. The van der Waals surface area contributed by atoms with E-state index in [1.54, 1.807) is 0 Å². The predicted molar refractivity (Wildman–Crippen MR) is 100.0 cm³/mol. The van der Waals surface area contributed by atoms with Gasteiger partial charge in [-0.1, -0.05) is 17.7 Å². The number of amides is 1. The Hall–Kier alpha value is -1.39. The van der Waals surface area contributed by atoms with Crippen LogP contribution in [0, 0.1) is 19.8 Å². The minimum atomic E-state index is 0. The lowest BCUT2D eigenvalue weighted by atomic mass is 9.96. The molecule has 0 spiro atoms. The zero-order chi connectivity index (χ0) is 16.8. The van der Waals surface area contributed by atoms with E-state index in [0.717, 1.165) is 42.7 Å². The summed E-state index contributed by atoms with van der Waals surface area (Å²) in [5.74, 6) is 0.722. The number of nitrogens with one attached hydrogen (secondary N) is 1. The number of Topliss-reactive ketones (excluding diaryl/α,β-unsaturated/α-hetero) is 1. The van der Waals surface area contributed by atoms with E-state index < -0.39 is 0 Å². The van der Waals surface area contributed by atoms with Gasteiger partial charge >= 0.3 is 0 Å². The number of piperidine rings is 1. The van der Waals surface area contributed by atoms with Crippen LogP contribution < -0.4 is 5.32 Å². The molecule has 1 unspecified atom stereocenters. The Morgan fingerprint density at radius 1 is 1.25 bits per heavy atom. The molecule has 24 heavy (non-hydrogen) atoms. The summed E-state index contributed by atoms with van der Waals surface area (Å²) in [6.45, 7) is 6.53. The van der Waals surface area contributed by atoms with E-state index in [-0.39, 0.29) is 24.1 Å². The predicted octanol–water partition coefficient (Wildman–Crippen LogP) is 3.15. The van der Waals surface area contributed by atoms with Crippen LogP contribution in [0.15, 0.2) is 18.2 Å². The molecule has 4 nitrogen and oxygen atoms in total. The molecule has 2 rings (SSSR count).